The van der Waals surface area contributed by atoms with Gasteiger partial charge in [0.1, 0.15) is 0 Å². The van der Waals surface area contributed by atoms with Gasteiger partial charge >= 0.3 is 0 Å². The Kier molecular flexibility index (Phi) is 5.24. The van der Waals surface area contributed by atoms with Crippen molar-refractivity contribution in [1.82, 2.24) is 29.6 Å². The van der Waals surface area contributed by atoms with Crippen LogP contribution in [0.5, 0.6) is 0 Å². The Morgan fingerprint density at radius 1 is 0.935 bits per heavy atom. The molecule has 0 unspecified atom stereocenters. The van der Waals surface area contributed by atoms with Gasteiger partial charge in [-0.25, -0.2) is 15.0 Å². The maximum atomic E-state index is 4.93. The number of aryl methyl sites for hydroxylation is 3. The SMILES string of the molecule is Cc1ccc(-c2ncc(CN3CCC(c4ccc5c(C)nn(C)c5n4)CC3)cn2)cc1. The Labute approximate surface area is 183 Å². The molecule has 0 atom stereocenters. The predicted octanol–water partition coefficient (Wildman–Crippen LogP) is 4.42. The Morgan fingerprint density at radius 3 is 2.35 bits per heavy atom. The van der Waals surface area contributed by atoms with Crippen LogP contribution in [0.15, 0.2) is 48.8 Å². The number of benzene rings is 1. The predicted molar refractivity (Wildman–Crippen MR) is 123 cm³/mol. The second kappa shape index (κ2) is 8.19. The molecule has 3 aromatic heterocycles. The van der Waals surface area contributed by atoms with Crippen LogP contribution < -0.4 is 0 Å². The Hall–Kier alpha value is -3.12. The minimum absolute atomic E-state index is 0.510. The molecule has 6 heteroatoms. The second-order valence-electron chi connectivity index (χ2n) is 8.65. The average Bonchev–Trinajstić information content (AvgIpc) is 3.08. The minimum Gasteiger partial charge on any atom is -0.299 e. The molecule has 1 aliphatic rings. The van der Waals surface area contributed by atoms with Gasteiger partial charge in [0.05, 0.1) is 5.69 Å². The first-order valence-electron chi connectivity index (χ1n) is 11.0. The summed E-state index contributed by atoms with van der Waals surface area (Å²) in [6.45, 7) is 7.15. The molecule has 158 valence electrons. The van der Waals surface area contributed by atoms with Crippen molar-refractivity contribution in [1.29, 1.82) is 0 Å². The number of fused-ring (bicyclic) bond motifs is 1. The number of rotatable bonds is 4. The molecule has 5 rings (SSSR count). The fraction of sp³-hybridized carbons (Fsp3) is 0.360. The molecule has 0 amide bonds. The van der Waals surface area contributed by atoms with Crippen molar-refractivity contribution in [2.24, 2.45) is 7.05 Å². The summed E-state index contributed by atoms with van der Waals surface area (Å²) in [4.78, 5) is 16.6. The zero-order chi connectivity index (χ0) is 21.4. The van der Waals surface area contributed by atoms with E-state index in [0.717, 1.165) is 60.6 Å². The lowest BCUT2D eigenvalue weighted by Crippen LogP contribution is -2.32. The fourth-order valence-electron chi connectivity index (χ4n) is 4.48. The van der Waals surface area contributed by atoms with Crippen LogP contribution in [0.4, 0.5) is 0 Å². The van der Waals surface area contributed by atoms with Crippen LogP contribution >= 0.6 is 0 Å². The molecule has 6 nitrogen and oxygen atoms in total. The van der Waals surface area contributed by atoms with Gasteiger partial charge in [0.15, 0.2) is 11.5 Å². The second-order valence-corrected chi connectivity index (χ2v) is 8.65. The zero-order valence-corrected chi connectivity index (χ0v) is 18.4. The van der Waals surface area contributed by atoms with E-state index in [0.29, 0.717) is 5.92 Å². The van der Waals surface area contributed by atoms with Gasteiger partial charge in [0.25, 0.3) is 0 Å². The molecule has 1 aliphatic heterocycles. The first kappa shape index (κ1) is 19.8. The maximum absolute atomic E-state index is 4.93. The summed E-state index contributed by atoms with van der Waals surface area (Å²) >= 11 is 0. The van der Waals surface area contributed by atoms with E-state index < -0.39 is 0 Å². The molecule has 0 saturated carbocycles. The molecule has 0 spiro atoms. The topological polar surface area (TPSA) is 59.7 Å². The van der Waals surface area contributed by atoms with E-state index in [9.17, 15) is 0 Å². The highest BCUT2D eigenvalue weighted by atomic mass is 15.3. The van der Waals surface area contributed by atoms with Crippen molar-refractivity contribution in [2.75, 3.05) is 13.1 Å². The summed E-state index contributed by atoms with van der Waals surface area (Å²) in [6.07, 6.45) is 6.18. The molecule has 0 bridgehead atoms. The molecule has 1 saturated heterocycles. The number of hydrogen-bond acceptors (Lipinski definition) is 5. The van der Waals surface area contributed by atoms with Crippen LogP contribution in [0.25, 0.3) is 22.4 Å². The van der Waals surface area contributed by atoms with Crippen molar-refractivity contribution in [3.05, 3.63) is 71.3 Å². The molecule has 4 heterocycles. The summed E-state index contributed by atoms with van der Waals surface area (Å²) in [5.41, 5.74) is 6.70. The molecule has 0 radical (unpaired) electrons. The van der Waals surface area contributed by atoms with Crippen molar-refractivity contribution in [3.8, 4) is 11.4 Å². The number of hydrogen-bond donors (Lipinski definition) is 0. The number of pyridine rings is 1. The van der Waals surface area contributed by atoms with Crippen LogP contribution in [0.2, 0.25) is 0 Å². The Morgan fingerprint density at radius 2 is 1.65 bits per heavy atom. The average molecular weight is 413 g/mol. The van der Waals surface area contributed by atoms with E-state index in [1.165, 1.54) is 16.8 Å². The highest BCUT2D eigenvalue weighted by Crippen LogP contribution is 2.29. The third kappa shape index (κ3) is 4.08. The van der Waals surface area contributed by atoms with Gasteiger partial charge in [0.2, 0.25) is 0 Å². The largest absolute Gasteiger partial charge is 0.299 e. The third-order valence-corrected chi connectivity index (χ3v) is 6.32. The van der Waals surface area contributed by atoms with Gasteiger partial charge < -0.3 is 0 Å². The van der Waals surface area contributed by atoms with Crippen LogP contribution in [0.3, 0.4) is 0 Å². The van der Waals surface area contributed by atoms with Crippen molar-refractivity contribution < 1.29 is 0 Å². The first-order chi connectivity index (χ1) is 15.1. The molecule has 0 N–H and O–H groups in total. The number of aromatic nitrogens is 5. The summed E-state index contributed by atoms with van der Waals surface area (Å²) in [6, 6.07) is 12.7. The van der Waals surface area contributed by atoms with Gasteiger partial charge in [0, 0.05) is 54.1 Å². The summed E-state index contributed by atoms with van der Waals surface area (Å²) < 4.78 is 1.89. The molecule has 31 heavy (non-hydrogen) atoms. The highest BCUT2D eigenvalue weighted by Gasteiger charge is 2.22. The van der Waals surface area contributed by atoms with Crippen molar-refractivity contribution in [3.63, 3.8) is 0 Å². The van der Waals surface area contributed by atoms with E-state index in [1.54, 1.807) is 0 Å². The summed E-state index contributed by atoms with van der Waals surface area (Å²) in [5.74, 6) is 1.30. The van der Waals surface area contributed by atoms with Crippen molar-refractivity contribution in [2.45, 2.75) is 39.2 Å². The molecular weight excluding hydrogens is 384 g/mol. The minimum atomic E-state index is 0.510. The fourth-order valence-corrected chi connectivity index (χ4v) is 4.48. The lowest BCUT2D eigenvalue weighted by atomic mass is 9.92. The molecule has 0 aliphatic carbocycles. The van der Waals surface area contributed by atoms with Crippen LogP contribution in [-0.4, -0.2) is 42.7 Å². The standard InChI is InChI=1S/C25H28N6/c1-17-4-6-21(7-5-17)24-26-14-19(15-27-24)16-31-12-10-20(11-13-31)23-9-8-22-18(2)29-30(3)25(22)28-23/h4-9,14-15,20H,10-13,16H2,1-3H3. The van der Waals surface area contributed by atoms with E-state index in [-0.39, 0.29) is 0 Å². The first-order valence-corrected chi connectivity index (χ1v) is 11.0. The number of nitrogens with zero attached hydrogens (tertiary/aromatic N) is 6. The molecule has 4 aromatic rings. The molecular formula is C25H28N6. The lowest BCUT2D eigenvalue weighted by molar-refractivity contribution is 0.203. The lowest BCUT2D eigenvalue weighted by Gasteiger charge is -2.31. The highest BCUT2D eigenvalue weighted by molar-refractivity contribution is 5.78. The Balaban J connectivity index is 1.21. The van der Waals surface area contributed by atoms with Crippen LogP contribution in [0.1, 0.15) is 41.3 Å². The summed E-state index contributed by atoms with van der Waals surface area (Å²) in [7, 11) is 1.97. The van der Waals surface area contributed by atoms with Crippen molar-refractivity contribution >= 4 is 11.0 Å². The van der Waals surface area contributed by atoms with E-state index in [2.05, 4.69) is 63.3 Å². The molecule has 1 fully saturated rings. The molecule has 1 aromatic carbocycles. The van der Waals surface area contributed by atoms with Gasteiger partial charge in [-0.2, -0.15) is 5.10 Å². The van der Waals surface area contributed by atoms with E-state index in [1.807, 2.05) is 31.0 Å². The maximum Gasteiger partial charge on any atom is 0.159 e. The van der Waals surface area contributed by atoms with Gasteiger partial charge in [-0.15, -0.1) is 0 Å². The monoisotopic (exact) mass is 412 g/mol. The third-order valence-electron chi connectivity index (χ3n) is 6.32. The zero-order valence-electron chi connectivity index (χ0n) is 18.4. The summed E-state index contributed by atoms with van der Waals surface area (Å²) in [5, 5.41) is 5.65. The van der Waals surface area contributed by atoms with Crippen LogP contribution in [-0.2, 0) is 13.6 Å². The van der Waals surface area contributed by atoms with Gasteiger partial charge in [-0.3, -0.25) is 9.58 Å². The smallest absolute Gasteiger partial charge is 0.159 e. The van der Waals surface area contributed by atoms with E-state index in [4.69, 9.17) is 4.98 Å². The van der Waals surface area contributed by atoms with Gasteiger partial charge in [-0.05, 0) is 51.9 Å². The van der Waals surface area contributed by atoms with Crippen LogP contribution in [0, 0.1) is 13.8 Å². The quantitative estimate of drug-likeness (QED) is 0.497. The Bertz CT molecular complexity index is 1190. The number of piperidine rings is 1. The number of likely N-dealkylation sites (tertiary alicyclic amines) is 1. The normalized spacial score (nSPS) is 15.6. The van der Waals surface area contributed by atoms with Gasteiger partial charge in [-0.1, -0.05) is 29.8 Å². The van der Waals surface area contributed by atoms with E-state index >= 15 is 0 Å².